The molecule has 0 aromatic heterocycles. The molecule has 0 radical (unpaired) electrons. The molecule has 0 aromatic carbocycles. The summed E-state index contributed by atoms with van der Waals surface area (Å²) in [6, 6.07) is 0. The maximum atomic E-state index is 5.63. The summed E-state index contributed by atoms with van der Waals surface area (Å²) in [5, 5.41) is 0. The minimum absolute atomic E-state index is 0. The summed E-state index contributed by atoms with van der Waals surface area (Å²) in [7, 11) is -5.22. The van der Waals surface area contributed by atoms with E-state index in [-0.39, 0.29) is 55.1 Å². The maximum Gasteiger partial charge on any atom is 4.00 e. The van der Waals surface area contributed by atoms with Gasteiger partial charge in [-0.3, -0.25) is 0 Å². The van der Waals surface area contributed by atoms with E-state index in [9.17, 15) is 0 Å². The van der Waals surface area contributed by atoms with Crippen LogP contribution in [0.1, 0.15) is 125 Å². The number of rotatable bonds is 21. The molecule has 0 saturated carbocycles. The third kappa shape index (κ3) is 12.1. The summed E-state index contributed by atoms with van der Waals surface area (Å²) < 4.78 is 0. The first kappa shape index (κ1) is 48.7. The van der Waals surface area contributed by atoms with E-state index in [1.54, 1.807) is 0 Å². The fourth-order valence-electron chi connectivity index (χ4n) is 9.13. The Bertz CT molecular complexity index is 533. The molecule has 0 bridgehead atoms. The molecule has 4 nitrogen and oxygen atoms in total. The molecule has 0 saturated heterocycles. The second-order valence-corrected chi connectivity index (χ2v) is 32.2. The molecule has 0 aromatic rings. The number of hydrogen-bond donors (Lipinski definition) is 0. The monoisotopic (exact) mass is 976 g/mol. The van der Waals surface area contributed by atoms with Crippen molar-refractivity contribution in [2.75, 3.05) is 39.3 Å². The van der Waals surface area contributed by atoms with Crippen LogP contribution in [-0.2, 0) is 0 Å². The molecule has 9 heteroatoms. The summed E-state index contributed by atoms with van der Waals surface area (Å²) in [5.41, 5.74) is 6.09. The van der Waals surface area contributed by atoms with Gasteiger partial charge in [0, 0.05) is 0 Å². The van der Waals surface area contributed by atoms with E-state index in [2.05, 4.69) is 130 Å². The Morgan fingerprint density at radius 2 is 0.500 bits per heavy atom. The third-order valence-corrected chi connectivity index (χ3v) is 29.7. The zero-order chi connectivity index (χ0) is 31.6. The molecule has 0 fully saturated rings. The third-order valence-electron chi connectivity index (χ3n) is 10.7. The van der Waals surface area contributed by atoms with Gasteiger partial charge >= 0.3 is 31.1 Å². The zero-order valence-corrected chi connectivity index (χ0v) is 40.9. The first-order chi connectivity index (χ1) is 18.3. The fraction of sp³-hybridized carbons (Fsp3) is 1.00. The molecule has 0 spiro atoms. The predicted octanol–water partition coefficient (Wildman–Crippen LogP) is 8.94. The van der Waals surface area contributed by atoms with Crippen LogP contribution in [0, 0.1) is 31.1 Å². The molecule has 0 atom stereocenters. The summed E-state index contributed by atoms with van der Waals surface area (Å²) in [6.07, 6.45) is 0. The smallest absolute Gasteiger partial charge is 1.00 e. The maximum absolute atomic E-state index is 5.63. The van der Waals surface area contributed by atoms with Crippen molar-refractivity contribution in [3.63, 3.8) is 0 Å². The average Bonchev–Trinajstić information content (AvgIpc) is 2.79. The normalized spacial score (nSPS) is 13.7. The van der Waals surface area contributed by atoms with E-state index in [0.29, 0.717) is 49.9 Å². The molecule has 250 valence electrons. The first-order valence-electron chi connectivity index (χ1n) is 17.1. The minimum Gasteiger partial charge on any atom is -1.00 e. The summed E-state index contributed by atoms with van der Waals surface area (Å²) >= 11 is 0. The molecule has 0 amide bonds. The van der Waals surface area contributed by atoms with E-state index in [4.69, 9.17) is 14.9 Å². The average molecular weight is 977 g/mol. The van der Waals surface area contributed by atoms with E-state index < -0.39 is 24.7 Å². The van der Waals surface area contributed by atoms with Crippen LogP contribution in [0.4, 0.5) is 0 Å². The van der Waals surface area contributed by atoms with Gasteiger partial charge in [0.1, 0.15) is 0 Å². The molecule has 0 rings (SSSR count). The fourth-order valence-corrected chi connectivity index (χ4v) is 25.9. The van der Waals surface area contributed by atoms with Gasteiger partial charge in [0.05, 0.1) is 0 Å². The Labute approximate surface area is 310 Å². The van der Waals surface area contributed by atoms with Crippen molar-refractivity contribution in [1.82, 2.24) is 4.90 Å². The Hall–Kier alpha value is 2.27. The minimum atomic E-state index is -1.74. The molecule has 0 aliphatic carbocycles. The number of hydrogen-bond acceptors (Lipinski definition) is 1. The van der Waals surface area contributed by atoms with Gasteiger partial charge in [0.15, 0.2) is 0 Å². The summed E-state index contributed by atoms with van der Waals surface area (Å²) in [6.45, 7) is 49.7. The van der Waals surface area contributed by atoms with Crippen molar-refractivity contribution in [2.24, 2.45) is 0 Å². The van der Waals surface area contributed by atoms with E-state index >= 15 is 0 Å². The van der Waals surface area contributed by atoms with E-state index in [0.717, 1.165) is 39.3 Å². The summed E-state index contributed by atoms with van der Waals surface area (Å²) in [4.78, 5) is 19.6. The largest absolute Gasteiger partial charge is 4.00 e. The molecular weight excluding hydrogens is 902 g/mol. The van der Waals surface area contributed by atoms with Crippen LogP contribution in [0.15, 0.2) is 0 Å². The molecule has 42 heavy (non-hydrogen) atoms. The Morgan fingerprint density at radius 3 is 0.619 bits per heavy atom. The van der Waals surface area contributed by atoms with Gasteiger partial charge < -0.3 is 43.8 Å². The van der Waals surface area contributed by atoms with Crippen molar-refractivity contribution in [2.45, 2.75) is 174 Å². The van der Waals surface area contributed by atoms with Crippen LogP contribution < -0.4 is 24.0 Å². The van der Waals surface area contributed by atoms with E-state index in [1.165, 1.54) is 0 Å². The van der Waals surface area contributed by atoms with Gasteiger partial charge in [0.2, 0.25) is 0 Å². The van der Waals surface area contributed by atoms with Crippen LogP contribution in [0.2, 0.25) is 49.9 Å². The topological polar surface area (TPSA) is 45.5 Å². The summed E-state index contributed by atoms with van der Waals surface area (Å²) in [5.74, 6) is 0. The van der Waals surface area contributed by atoms with Gasteiger partial charge in [-0.05, 0) is 44.3 Å². The van der Waals surface area contributed by atoms with Crippen molar-refractivity contribution in [3.05, 3.63) is 14.9 Å². The van der Waals surface area contributed by atoms with Crippen molar-refractivity contribution >= 4 is 24.7 Å². The SMILES string of the molecule is CC(C)[Si]([N-]CCN(CC[N-][Si](C(C)C)(C(C)C)C(C)C)CC[N-][Si](C(C)C)(C(C)C)C(C)C)(C(C)C)C(C)C.[I-].[U+4]. The number of halogens is 1. The van der Waals surface area contributed by atoms with E-state index in [1.807, 2.05) is 0 Å². The Kier molecular flexibility index (Phi) is 25.5. The van der Waals surface area contributed by atoms with Crippen LogP contribution in [0.5, 0.6) is 0 Å². The molecule has 0 heterocycles. The molecule has 0 N–H and O–H groups in total. The second-order valence-electron chi connectivity index (χ2n) is 15.5. The van der Waals surface area contributed by atoms with Crippen molar-refractivity contribution in [1.29, 1.82) is 0 Å². The predicted molar refractivity (Wildman–Crippen MR) is 194 cm³/mol. The quantitative estimate of drug-likeness (QED) is 0.0838. The van der Waals surface area contributed by atoms with Crippen LogP contribution >= 0.6 is 0 Å². The molecule has 0 aliphatic heterocycles. The Balaban J connectivity index is -0.00000760. The molecule has 0 unspecified atom stereocenters. The van der Waals surface area contributed by atoms with Crippen LogP contribution in [-0.4, -0.2) is 68.9 Å². The van der Waals surface area contributed by atoms with Crippen molar-refractivity contribution in [3.8, 4) is 0 Å². The Morgan fingerprint density at radius 1 is 0.357 bits per heavy atom. The number of nitrogens with zero attached hydrogens (tertiary/aromatic N) is 4. The van der Waals surface area contributed by atoms with Gasteiger partial charge in [-0.1, -0.05) is 174 Å². The zero-order valence-electron chi connectivity index (χ0n) is 31.6. The molecule has 0 aliphatic rings. The van der Waals surface area contributed by atoms with Gasteiger partial charge in [0.25, 0.3) is 0 Å². The van der Waals surface area contributed by atoms with Crippen LogP contribution in [0.3, 0.4) is 0 Å². The van der Waals surface area contributed by atoms with Gasteiger partial charge in [-0.15, -0.1) is 19.6 Å². The molecular formula is C33H75IN4Si3U. The van der Waals surface area contributed by atoms with Crippen molar-refractivity contribution < 1.29 is 55.1 Å². The van der Waals surface area contributed by atoms with Crippen LogP contribution in [0.25, 0.3) is 14.9 Å². The van der Waals surface area contributed by atoms with Gasteiger partial charge in [-0.2, -0.15) is 0 Å². The standard InChI is InChI=1S/C33H75N4Si3.HI.U/c1-25(2)38(26(3)4,27(5)6)34-19-22-37(23-20-35-39(28(7)8,29(9)10)30(11)12)24-21-36-40(31(13)14,32(15)16)33(17)18;;/h25-33H,19-24H2,1-18H3;1H;/q-3;;+4/p-1. The second kappa shape index (κ2) is 22.0. The van der Waals surface area contributed by atoms with Gasteiger partial charge in [-0.25, -0.2) is 0 Å². The first-order valence-corrected chi connectivity index (χ1v) is 23.6.